The first-order valence-electron chi connectivity index (χ1n) is 9.38. The molecule has 2 aromatic carbocycles. The molecule has 1 heterocycles. The molecule has 0 saturated heterocycles. The summed E-state index contributed by atoms with van der Waals surface area (Å²) in [5, 5.41) is 2.79. The Morgan fingerprint density at radius 1 is 1.04 bits per heavy atom. The molecule has 1 aliphatic rings. The van der Waals surface area contributed by atoms with Crippen molar-refractivity contribution in [2.75, 3.05) is 31.6 Å². The quantitative estimate of drug-likeness (QED) is 0.778. The van der Waals surface area contributed by atoms with Gasteiger partial charge in [0.25, 0.3) is 5.91 Å². The number of hydrogen-bond donors (Lipinski definition) is 1. The zero-order chi connectivity index (χ0) is 19.9. The predicted molar refractivity (Wildman–Crippen MR) is 109 cm³/mol. The van der Waals surface area contributed by atoms with Crippen molar-refractivity contribution in [1.82, 2.24) is 4.90 Å². The molecule has 0 bridgehead atoms. The number of nitrogens with one attached hydrogen (secondary N) is 1. The lowest BCUT2D eigenvalue weighted by Gasteiger charge is -2.19. The molecular weight excluding hydrogens is 356 g/mol. The van der Waals surface area contributed by atoms with E-state index in [1.165, 1.54) is 6.08 Å². The number of anilines is 1. The zero-order valence-electron chi connectivity index (χ0n) is 16.1. The molecule has 0 aliphatic carbocycles. The first kappa shape index (κ1) is 19.5. The fraction of sp³-hybridized carbons (Fsp3) is 0.273. The number of benzene rings is 2. The molecule has 3 rings (SSSR count). The SMILES string of the molecule is CCN(CC)C(=O)c1cccc(NC(=O)/C=C/c2ccc3c(c2)OCCO3)c1. The molecule has 0 fully saturated rings. The van der Waals surface area contributed by atoms with E-state index in [9.17, 15) is 9.59 Å². The van der Waals surface area contributed by atoms with Crippen molar-refractivity contribution in [3.8, 4) is 11.5 Å². The van der Waals surface area contributed by atoms with E-state index < -0.39 is 0 Å². The number of carbonyl (C=O) groups excluding carboxylic acids is 2. The van der Waals surface area contributed by atoms with E-state index in [1.54, 1.807) is 35.2 Å². The number of rotatable bonds is 6. The lowest BCUT2D eigenvalue weighted by atomic mass is 10.1. The van der Waals surface area contributed by atoms with Crippen LogP contribution in [0, 0.1) is 0 Å². The van der Waals surface area contributed by atoms with Crippen LogP contribution in [-0.2, 0) is 4.79 Å². The average Bonchev–Trinajstić information content (AvgIpc) is 2.73. The Balaban J connectivity index is 1.65. The highest BCUT2D eigenvalue weighted by Gasteiger charge is 2.13. The Bertz CT molecular complexity index is 888. The van der Waals surface area contributed by atoms with Crippen LogP contribution in [0.5, 0.6) is 11.5 Å². The maximum absolute atomic E-state index is 12.5. The van der Waals surface area contributed by atoms with Crippen LogP contribution < -0.4 is 14.8 Å². The second-order valence-electron chi connectivity index (χ2n) is 6.28. The van der Waals surface area contributed by atoms with Crippen LogP contribution in [0.4, 0.5) is 5.69 Å². The number of hydrogen-bond acceptors (Lipinski definition) is 4. The smallest absolute Gasteiger partial charge is 0.253 e. The predicted octanol–water partition coefficient (Wildman–Crippen LogP) is 3.59. The summed E-state index contributed by atoms with van der Waals surface area (Å²) in [4.78, 5) is 26.4. The summed E-state index contributed by atoms with van der Waals surface area (Å²) in [5.41, 5.74) is 1.97. The first-order valence-corrected chi connectivity index (χ1v) is 9.38. The van der Waals surface area contributed by atoms with Crippen molar-refractivity contribution in [3.63, 3.8) is 0 Å². The Morgan fingerprint density at radius 2 is 1.79 bits per heavy atom. The summed E-state index contributed by atoms with van der Waals surface area (Å²) in [6, 6.07) is 12.5. The van der Waals surface area contributed by atoms with Gasteiger partial charge < -0.3 is 19.7 Å². The van der Waals surface area contributed by atoms with E-state index in [0.717, 1.165) is 5.56 Å². The van der Waals surface area contributed by atoms with Gasteiger partial charge in [0.05, 0.1) is 0 Å². The molecule has 6 nitrogen and oxygen atoms in total. The monoisotopic (exact) mass is 380 g/mol. The molecule has 2 aromatic rings. The summed E-state index contributed by atoms with van der Waals surface area (Å²) < 4.78 is 11.0. The van der Waals surface area contributed by atoms with Crippen LogP contribution in [0.15, 0.2) is 48.5 Å². The Morgan fingerprint density at radius 3 is 2.54 bits per heavy atom. The maximum Gasteiger partial charge on any atom is 0.253 e. The lowest BCUT2D eigenvalue weighted by Crippen LogP contribution is -2.30. The van der Waals surface area contributed by atoms with Gasteiger partial charge in [0.1, 0.15) is 13.2 Å². The van der Waals surface area contributed by atoms with Crippen molar-refractivity contribution in [2.45, 2.75) is 13.8 Å². The molecule has 0 spiro atoms. The number of ether oxygens (including phenoxy) is 2. The Hall–Kier alpha value is -3.28. The molecule has 146 valence electrons. The van der Waals surface area contributed by atoms with Gasteiger partial charge >= 0.3 is 0 Å². The number of nitrogens with zero attached hydrogens (tertiary/aromatic N) is 1. The molecular formula is C22H24N2O4. The molecule has 0 atom stereocenters. The van der Waals surface area contributed by atoms with E-state index in [1.807, 2.05) is 32.0 Å². The summed E-state index contributed by atoms with van der Waals surface area (Å²) >= 11 is 0. The fourth-order valence-electron chi connectivity index (χ4n) is 2.94. The highest BCUT2D eigenvalue weighted by atomic mass is 16.6. The van der Waals surface area contributed by atoms with Gasteiger partial charge in [-0.1, -0.05) is 12.1 Å². The molecule has 0 unspecified atom stereocenters. The molecule has 6 heteroatoms. The van der Waals surface area contributed by atoms with Crippen molar-refractivity contribution in [2.24, 2.45) is 0 Å². The van der Waals surface area contributed by atoms with Gasteiger partial charge in [-0.2, -0.15) is 0 Å². The molecule has 28 heavy (non-hydrogen) atoms. The first-order chi connectivity index (χ1) is 13.6. The van der Waals surface area contributed by atoms with Gasteiger partial charge in [-0.3, -0.25) is 9.59 Å². The van der Waals surface area contributed by atoms with Gasteiger partial charge in [-0.05, 0) is 55.8 Å². The van der Waals surface area contributed by atoms with Crippen LogP contribution in [-0.4, -0.2) is 43.0 Å². The Kier molecular flexibility index (Phi) is 6.32. The standard InChI is InChI=1S/C22H24N2O4/c1-3-24(4-2)22(26)17-6-5-7-18(15-17)23-21(25)11-9-16-8-10-19-20(14-16)28-13-12-27-19/h5-11,14-15H,3-4,12-13H2,1-2H3,(H,23,25)/b11-9+. The number of amides is 2. The van der Waals surface area contributed by atoms with Gasteiger partial charge in [-0.15, -0.1) is 0 Å². The second-order valence-corrected chi connectivity index (χ2v) is 6.28. The van der Waals surface area contributed by atoms with Crippen LogP contribution in [0.25, 0.3) is 6.08 Å². The summed E-state index contributed by atoms with van der Waals surface area (Å²) in [7, 11) is 0. The van der Waals surface area contributed by atoms with Crippen molar-refractivity contribution >= 4 is 23.6 Å². The topological polar surface area (TPSA) is 67.9 Å². The molecule has 1 N–H and O–H groups in total. The minimum atomic E-state index is -0.276. The molecule has 0 radical (unpaired) electrons. The van der Waals surface area contributed by atoms with Crippen LogP contribution in [0.3, 0.4) is 0 Å². The highest BCUT2D eigenvalue weighted by Crippen LogP contribution is 2.31. The Labute approximate surface area is 164 Å². The van der Waals surface area contributed by atoms with Gasteiger partial charge in [0, 0.05) is 30.4 Å². The second kappa shape index (κ2) is 9.08. The third kappa shape index (κ3) is 4.71. The lowest BCUT2D eigenvalue weighted by molar-refractivity contribution is -0.111. The summed E-state index contributed by atoms with van der Waals surface area (Å²) in [6.07, 6.45) is 3.16. The third-order valence-corrected chi connectivity index (χ3v) is 4.42. The molecule has 0 saturated carbocycles. The summed E-state index contributed by atoms with van der Waals surface area (Å²) in [6.45, 7) is 6.23. The average molecular weight is 380 g/mol. The van der Waals surface area contributed by atoms with Crippen molar-refractivity contribution < 1.29 is 19.1 Å². The number of fused-ring (bicyclic) bond motifs is 1. The summed E-state index contributed by atoms with van der Waals surface area (Å²) in [5.74, 6) is 1.06. The number of carbonyl (C=O) groups is 2. The van der Waals surface area contributed by atoms with E-state index in [4.69, 9.17) is 9.47 Å². The fourth-order valence-corrected chi connectivity index (χ4v) is 2.94. The minimum Gasteiger partial charge on any atom is -0.486 e. The van der Waals surface area contributed by atoms with Crippen LogP contribution >= 0.6 is 0 Å². The highest BCUT2D eigenvalue weighted by molar-refractivity contribution is 6.03. The van der Waals surface area contributed by atoms with Gasteiger partial charge in [-0.25, -0.2) is 0 Å². The van der Waals surface area contributed by atoms with Gasteiger partial charge in [0.2, 0.25) is 5.91 Å². The molecule has 1 aliphatic heterocycles. The van der Waals surface area contributed by atoms with Crippen molar-refractivity contribution in [1.29, 1.82) is 0 Å². The van der Waals surface area contributed by atoms with Gasteiger partial charge in [0.15, 0.2) is 11.5 Å². The van der Waals surface area contributed by atoms with Crippen LogP contribution in [0.2, 0.25) is 0 Å². The molecule has 2 amide bonds. The van der Waals surface area contributed by atoms with Crippen LogP contribution in [0.1, 0.15) is 29.8 Å². The normalized spacial score (nSPS) is 12.6. The third-order valence-electron chi connectivity index (χ3n) is 4.42. The van der Waals surface area contributed by atoms with E-state index in [-0.39, 0.29) is 11.8 Å². The maximum atomic E-state index is 12.5. The molecule has 0 aromatic heterocycles. The van der Waals surface area contributed by atoms with Crippen molar-refractivity contribution in [3.05, 3.63) is 59.7 Å². The minimum absolute atomic E-state index is 0.0482. The van der Waals surface area contributed by atoms with E-state index in [2.05, 4.69) is 5.32 Å². The van der Waals surface area contributed by atoms with E-state index >= 15 is 0 Å². The zero-order valence-corrected chi connectivity index (χ0v) is 16.1. The largest absolute Gasteiger partial charge is 0.486 e. The van der Waals surface area contributed by atoms with E-state index in [0.29, 0.717) is 49.1 Å².